The first kappa shape index (κ1) is 22.7. The predicted octanol–water partition coefficient (Wildman–Crippen LogP) is 6.95. The van der Waals surface area contributed by atoms with Crippen molar-refractivity contribution < 1.29 is 14.3 Å². The molecule has 1 amide bonds. The minimum absolute atomic E-state index is 0.177. The Balaban J connectivity index is 1.67. The van der Waals surface area contributed by atoms with Crippen LogP contribution in [0.1, 0.15) is 20.7 Å². The molecule has 0 aliphatic heterocycles. The maximum absolute atomic E-state index is 13.9. The zero-order chi connectivity index (χ0) is 24.7. The van der Waals surface area contributed by atoms with E-state index in [1.807, 2.05) is 84.9 Å². The molecule has 1 heterocycles. The third kappa shape index (κ3) is 4.91. The Labute approximate surface area is 209 Å². The Morgan fingerprint density at radius 1 is 0.639 bits per heavy atom. The first-order chi connectivity index (χ1) is 17.7. The van der Waals surface area contributed by atoms with Crippen LogP contribution in [0.4, 0.5) is 11.4 Å². The van der Waals surface area contributed by atoms with Crippen LogP contribution in [0.15, 0.2) is 134 Å². The summed E-state index contributed by atoms with van der Waals surface area (Å²) in [5.41, 5.74) is 3.46. The lowest BCUT2D eigenvalue weighted by atomic mass is 10.1. The summed E-state index contributed by atoms with van der Waals surface area (Å²) in [6.45, 7) is 0. The predicted molar refractivity (Wildman–Crippen MR) is 140 cm³/mol. The van der Waals surface area contributed by atoms with Gasteiger partial charge in [-0.2, -0.15) is 0 Å². The van der Waals surface area contributed by atoms with Gasteiger partial charge < -0.3 is 4.74 Å². The number of hydrogen-bond donors (Lipinski definition) is 0. The molecule has 0 bridgehead atoms. The first-order valence-electron chi connectivity index (χ1n) is 11.5. The number of carbonyl (C=O) groups is 2. The van der Waals surface area contributed by atoms with Crippen LogP contribution < -0.4 is 9.64 Å². The van der Waals surface area contributed by atoms with Gasteiger partial charge in [0.15, 0.2) is 5.75 Å². The fourth-order valence-corrected chi connectivity index (χ4v) is 3.84. The topological polar surface area (TPSA) is 59.5 Å². The molecule has 5 aromatic rings. The highest BCUT2D eigenvalue weighted by molar-refractivity contribution is 6.12. The Bertz CT molecular complexity index is 1470. The fourth-order valence-electron chi connectivity index (χ4n) is 3.84. The fraction of sp³-hybridized carbons (Fsp3) is 0. The van der Waals surface area contributed by atoms with Crippen molar-refractivity contribution in [1.29, 1.82) is 0 Å². The third-order valence-corrected chi connectivity index (χ3v) is 5.61. The normalized spacial score (nSPS) is 10.4. The molecule has 0 N–H and O–H groups in total. The number of hydrogen-bond acceptors (Lipinski definition) is 4. The monoisotopic (exact) mass is 470 g/mol. The summed E-state index contributed by atoms with van der Waals surface area (Å²) in [4.78, 5) is 32.9. The van der Waals surface area contributed by atoms with E-state index in [4.69, 9.17) is 4.74 Å². The van der Waals surface area contributed by atoms with Crippen molar-refractivity contribution in [3.63, 3.8) is 0 Å². The summed E-state index contributed by atoms with van der Waals surface area (Å²) >= 11 is 0. The van der Waals surface area contributed by atoms with Crippen LogP contribution in [0.5, 0.6) is 5.75 Å². The lowest BCUT2D eigenvalue weighted by Crippen LogP contribution is -2.27. The van der Waals surface area contributed by atoms with Crippen molar-refractivity contribution in [2.24, 2.45) is 0 Å². The maximum Gasteiger partial charge on any atom is 0.343 e. The second-order valence-corrected chi connectivity index (χ2v) is 8.00. The van der Waals surface area contributed by atoms with E-state index >= 15 is 0 Å². The van der Waals surface area contributed by atoms with Crippen molar-refractivity contribution in [1.82, 2.24) is 4.98 Å². The van der Waals surface area contributed by atoms with E-state index in [-0.39, 0.29) is 11.7 Å². The number of anilines is 2. The first-order valence-corrected chi connectivity index (χ1v) is 11.5. The van der Waals surface area contributed by atoms with Crippen LogP contribution in [0, 0.1) is 0 Å². The van der Waals surface area contributed by atoms with Gasteiger partial charge in [-0.3, -0.25) is 14.7 Å². The van der Waals surface area contributed by atoms with Gasteiger partial charge in [-0.1, -0.05) is 84.9 Å². The Morgan fingerprint density at radius 3 is 1.78 bits per heavy atom. The van der Waals surface area contributed by atoms with Gasteiger partial charge in [-0.05, 0) is 42.5 Å². The highest BCUT2D eigenvalue weighted by atomic mass is 16.5. The van der Waals surface area contributed by atoms with E-state index in [1.165, 1.54) is 6.20 Å². The number of nitrogens with zero attached hydrogens (tertiary/aromatic N) is 2. The Kier molecular flexibility index (Phi) is 6.63. The highest BCUT2D eigenvalue weighted by Crippen LogP contribution is 2.37. The maximum atomic E-state index is 13.9. The lowest BCUT2D eigenvalue weighted by Gasteiger charge is -2.25. The van der Waals surface area contributed by atoms with Gasteiger partial charge in [0, 0.05) is 16.8 Å². The molecule has 0 aliphatic carbocycles. The van der Waals surface area contributed by atoms with Crippen LogP contribution in [0.2, 0.25) is 0 Å². The van der Waals surface area contributed by atoms with E-state index in [0.717, 1.165) is 5.56 Å². The van der Waals surface area contributed by atoms with E-state index in [2.05, 4.69) is 4.98 Å². The molecular formula is C31H22N2O3. The summed E-state index contributed by atoms with van der Waals surface area (Å²) in [5, 5.41) is 0. The summed E-state index contributed by atoms with van der Waals surface area (Å²) in [7, 11) is 0. The summed E-state index contributed by atoms with van der Waals surface area (Å²) in [6, 6.07) is 38.4. The van der Waals surface area contributed by atoms with Crippen LogP contribution in [-0.2, 0) is 0 Å². The van der Waals surface area contributed by atoms with E-state index in [1.54, 1.807) is 47.4 Å². The van der Waals surface area contributed by atoms with Gasteiger partial charge in [-0.15, -0.1) is 0 Å². The molecular weight excluding hydrogens is 448 g/mol. The van der Waals surface area contributed by atoms with Crippen molar-refractivity contribution in [3.8, 4) is 17.0 Å². The molecule has 5 rings (SSSR count). The number of benzene rings is 4. The molecule has 5 heteroatoms. The molecule has 0 saturated carbocycles. The number of para-hydroxylation sites is 1. The highest BCUT2D eigenvalue weighted by Gasteiger charge is 2.25. The van der Waals surface area contributed by atoms with Gasteiger partial charge in [-0.25, -0.2) is 4.79 Å². The van der Waals surface area contributed by atoms with Crippen LogP contribution in [-0.4, -0.2) is 16.9 Å². The molecule has 0 radical (unpaired) electrons. The number of pyridine rings is 1. The standard InChI is InChI=1S/C31H22N2O3/c34-30(24-15-7-2-8-16-24)33(26-19-11-4-12-20-26)28-21-27(23-13-5-1-6-14-23)32-22-29(28)36-31(35)25-17-9-3-10-18-25/h1-22H. The molecule has 0 atom stereocenters. The van der Waals surface area contributed by atoms with Crippen LogP contribution in [0.25, 0.3) is 11.3 Å². The van der Waals surface area contributed by atoms with Crippen molar-refractivity contribution >= 4 is 23.3 Å². The number of carbonyl (C=O) groups excluding carboxylic acids is 2. The molecule has 4 aromatic carbocycles. The van der Waals surface area contributed by atoms with Crippen molar-refractivity contribution in [2.75, 3.05) is 4.90 Å². The average Bonchev–Trinajstić information content (AvgIpc) is 2.96. The number of esters is 1. The SMILES string of the molecule is O=C(Oc1cnc(-c2ccccc2)cc1N(C(=O)c1ccccc1)c1ccccc1)c1ccccc1. The molecule has 0 spiro atoms. The van der Waals surface area contributed by atoms with E-state index < -0.39 is 5.97 Å². The molecule has 1 aromatic heterocycles. The number of aromatic nitrogens is 1. The van der Waals surface area contributed by atoms with E-state index in [0.29, 0.717) is 28.2 Å². The molecule has 0 saturated heterocycles. The van der Waals surface area contributed by atoms with Crippen LogP contribution in [0.3, 0.4) is 0 Å². The van der Waals surface area contributed by atoms with Crippen molar-refractivity contribution in [2.45, 2.75) is 0 Å². The van der Waals surface area contributed by atoms with Gasteiger partial charge in [0.05, 0.1) is 23.1 Å². The lowest BCUT2D eigenvalue weighted by molar-refractivity contribution is 0.0733. The number of ether oxygens (including phenoxy) is 1. The number of amides is 1. The zero-order valence-electron chi connectivity index (χ0n) is 19.3. The molecule has 36 heavy (non-hydrogen) atoms. The van der Waals surface area contributed by atoms with Gasteiger partial charge in [0.1, 0.15) is 0 Å². The molecule has 5 nitrogen and oxygen atoms in total. The van der Waals surface area contributed by atoms with Crippen molar-refractivity contribution in [3.05, 3.63) is 145 Å². The smallest absolute Gasteiger partial charge is 0.343 e. The van der Waals surface area contributed by atoms with Crippen LogP contribution >= 0.6 is 0 Å². The average molecular weight is 471 g/mol. The third-order valence-electron chi connectivity index (χ3n) is 5.61. The number of rotatable bonds is 6. The summed E-state index contributed by atoms with van der Waals surface area (Å²) in [5.74, 6) is -0.619. The largest absolute Gasteiger partial charge is 0.419 e. The zero-order valence-corrected chi connectivity index (χ0v) is 19.3. The second kappa shape index (κ2) is 10.5. The second-order valence-electron chi connectivity index (χ2n) is 8.00. The molecule has 0 aliphatic rings. The quantitative estimate of drug-likeness (QED) is 0.252. The Morgan fingerprint density at radius 2 is 1.17 bits per heavy atom. The Hall–Kier alpha value is -5.03. The molecule has 0 fully saturated rings. The minimum Gasteiger partial charge on any atom is -0.419 e. The molecule has 0 unspecified atom stereocenters. The van der Waals surface area contributed by atoms with Gasteiger partial charge >= 0.3 is 5.97 Å². The minimum atomic E-state index is -0.536. The van der Waals surface area contributed by atoms with Gasteiger partial charge in [0.25, 0.3) is 5.91 Å². The summed E-state index contributed by atoms with van der Waals surface area (Å²) in [6.07, 6.45) is 1.49. The van der Waals surface area contributed by atoms with Gasteiger partial charge in [0.2, 0.25) is 0 Å². The molecule has 174 valence electrons. The summed E-state index contributed by atoms with van der Waals surface area (Å²) < 4.78 is 5.82. The van der Waals surface area contributed by atoms with E-state index in [9.17, 15) is 9.59 Å².